The molecular formula is C20H12N2O7. The molecule has 0 aliphatic carbocycles. The number of benzene rings is 3. The van der Waals surface area contributed by atoms with Crippen molar-refractivity contribution in [3.63, 3.8) is 0 Å². The lowest BCUT2D eigenvalue weighted by molar-refractivity contribution is -0.394. The summed E-state index contributed by atoms with van der Waals surface area (Å²) in [7, 11) is 0. The van der Waals surface area contributed by atoms with Crippen LogP contribution < -0.4 is 4.74 Å². The predicted octanol–water partition coefficient (Wildman–Crippen LogP) is 3.95. The summed E-state index contributed by atoms with van der Waals surface area (Å²) in [5.74, 6) is -1.20. The van der Waals surface area contributed by atoms with Gasteiger partial charge in [-0.1, -0.05) is 30.3 Å². The summed E-state index contributed by atoms with van der Waals surface area (Å²) in [4.78, 5) is 44.9. The lowest BCUT2D eigenvalue weighted by Crippen LogP contribution is -2.11. The Morgan fingerprint density at radius 3 is 1.97 bits per heavy atom. The monoisotopic (exact) mass is 392 g/mol. The minimum Gasteiger partial charge on any atom is -0.423 e. The zero-order valence-electron chi connectivity index (χ0n) is 14.7. The van der Waals surface area contributed by atoms with E-state index in [1.165, 1.54) is 24.3 Å². The lowest BCUT2D eigenvalue weighted by atomic mass is 10.0. The van der Waals surface area contributed by atoms with Gasteiger partial charge < -0.3 is 4.74 Å². The van der Waals surface area contributed by atoms with Gasteiger partial charge in [0.1, 0.15) is 11.3 Å². The van der Waals surface area contributed by atoms with Gasteiger partial charge in [0.15, 0.2) is 5.78 Å². The van der Waals surface area contributed by atoms with E-state index in [0.717, 1.165) is 12.1 Å². The molecular weight excluding hydrogens is 380 g/mol. The number of rotatable bonds is 6. The van der Waals surface area contributed by atoms with Crippen LogP contribution in [-0.2, 0) is 0 Å². The number of non-ortho nitro benzene ring substituents is 1. The smallest absolute Gasteiger partial charge is 0.350 e. The molecule has 0 radical (unpaired) electrons. The van der Waals surface area contributed by atoms with Crippen molar-refractivity contribution in [1.29, 1.82) is 0 Å². The van der Waals surface area contributed by atoms with Crippen LogP contribution in [0.5, 0.6) is 5.75 Å². The van der Waals surface area contributed by atoms with Crippen LogP contribution in [0.3, 0.4) is 0 Å². The first-order valence-electron chi connectivity index (χ1n) is 8.21. The molecule has 0 atom stereocenters. The van der Waals surface area contributed by atoms with Gasteiger partial charge in [0.25, 0.3) is 11.4 Å². The van der Waals surface area contributed by atoms with Crippen molar-refractivity contribution in [1.82, 2.24) is 0 Å². The Hall–Kier alpha value is -4.40. The van der Waals surface area contributed by atoms with Crippen molar-refractivity contribution in [2.24, 2.45) is 0 Å². The van der Waals surface area contributed by atoms with Gasteiger partial charge in [-0.15, -0.1) is 0 Å². The van der Waals surface area contributed by atoms with Crippen molar-refractivity contribution in [2.75, 3.05) is 0 Å². The molecule has 9 nitrogen and oxygen atoms in total. The molecule has 0 heterocycles. The van der Waals surface area contributed by atoms with Crippen molar-refractivity contribution in [3.8, 4) is 5.75 Å². The largest absolute Gasteiger partial charge is 0.423 e. The predicted molar refractivity (Wildman–Crippen MR) is 101 cm³/mol. The van der Waals surface area contributed by atoms with Crippen molar-refractivity contribution >= 4 is 23.1 Å². The lowest BCUT2D eigenvalue weighted by Gasteiger charge is -2.06. The van der Waals surface area contributed by atoms with Gasteiger partial charge in [-0.25, -0.2) is 4.79 Å². The first kappa shape index (κ1) is 19.4. The summed E-state index contributed by atoms with van der Waals surface area (Å²) < 4.78 is 5.11. The van der Waals surface area contributed by atoms with E-state index >= 15 is 0 Å². The number of hydrogen-bond acceptors (Lipinski definition) is 7. The molecule has 0 bridgehead atoms. The van der Waals surface area contributed by atoms with Gasteiger partial charge in [0, 0.05) is 17.2 Å². The number of nitro benzene ring substituents is 2. The number of esters is 1. The Bertz CT molecular complexity index is 1110. The van der Waals surface area contributed by atoms with Gasteiger partial charge >= 0.3 is 5.97 Å². The molecule has 3 aromatic carbocycles. The highest BCUT2D eigenvalue weighted by molar-refractivity contribution is 6.09. The van der Waals surface area contributed by atoms with Crippen LogP contribution in [0.4, 0.5) is 11.4 Å². The molecule has 0 saturated carbocycles. The second kappa shape index (κ2) is 8.09. The average molecular weight is 392 g/mol. The molecule has 29 heavy (non-hydrogen) atoms. The van der Waals surface area contributed by atoms with E-state index in [9.17, 15) is 29.8 Å². The molecule has 3 aromatic rings. The van der Waals surface area contributed by atoms with E-state index in [4.69, 9.17) is 4.74 Å². The van der Waals surface area contributed by atoms with Crippen LogP contribution >= 0.6 is 0 Å². The maximum absolute atomic E-state index is 12.4. The summed E-state index contributed by atoms with van der Waals surface area (Å²) >= 11 is 0. The minimum absolute atomic E-state index is 0.0623. The SMILES string of the molecule is O=C(c1ccccc1)c1ccc(OC(=O)c2ccc([N+](=O)[O-])cc2[N+](=O)[O-])cc1. The number of carbonyl (C=O) groups is 2. The molecule has 0 spiro atoms. The summed E-state index contributed by atoms with van der Waals surface area (Å²) in [6, 6.07) is 16.9. The molecule has 144 valence electrons. The standard InChI is InChI=1S/C20H12N2O7/c23-19(13-4-2-1-3-5-13)14-6-9-16(10-7-14)29-20(24)17-11-8-15(21(25)26)12-18(17)22(27)28/h1-12H. The topological polar surface area (TPSA) is 130 Å². The highest BCUT2D eigenvalue weighted by Gasteiger charge is 2.25. The van der Waals surface area contributed by atoms with E-state index in [1.807, 2.05) is 0 Å². The fourth-order valence-corrected chi connectivity index (χ4v) is 2.55. The third kappa shape index (κ3) is 4.30. The molecule has 0 aliphatic heterocycles. The first-order chi connectivity index (χ1) is 13.9. The third-order valence-electron chi connectivity index (χ3n) is 3.97. The zero-order valence-corrected chi connectivity index (χ0v) is 14.7. The van der Waals surface area contributed by atoms with Gasteiger partial charge in [-0.3, -0.25) is 25.0 Å². The first-order valence-corrected chi connectivity index (χ1v) is 8.21. The molecule has 0 amide bonds. The number of nitro groups is 2. The number of nitrogens with zero attached hydrogens (tertiary/aromatic N) is 2. The van der Waals surface area contributed by atoms with E-state index in [1.54, 1.807) is 30.3 Å². The van der Waals surface area contributed by atoms with E-state index in [2.05, 4.69) is 0 Å². The Morgan fingerprint density at radius 1 is 0.759 bits per heavy atom. The Labute approximate surface area is 163 Å². The highest BCUT2D eigenvalue weighted by Crippen LogP contribution is 2.26. The van der Waals surface area contributed by atoms with Crippen LogP contribution in [0.1, 0.15) is 26.3 Å². The van der Waals surface area contributed by atoms with Crippen LogP contribution in [0.15, 0.2) is 72.8 Å². The summed E-state index contributed by atoms with van der Waals surface area (Å²) in [5.41, 5.74) is -0.807. The molecule has 9 heteroatoms. The Morgan fingerprint density at radius 2 is 1.38 bits per heavy atom. The van der Waals surface area contributed by atoms with Crippen LogP contribution in [0.2, 0.25) is 0 Å². The summed E-state index contributed by atoms with van der Waals surface area (Å²) in [5, 5.41) is 21.9. The molecule has 0 fully saturated rings. The average Bonchev–Trinajstić information content (AvgIpc) is 2.73. The van der Waals surface area contributed by atoms with Crippen molar-refractivity contribution < 1.29 is 24.2 Å². The second-order valence-electron chi connectivity index (χ2n) is 5.82. The Kier molecular flexibility index (Phi) is 5.40. The number of hydrogen-bond donors (Lipinski definition) is 0. The van der Waals surface area contributed by atoms with E-state index in [0.29, 0.717) is 17.2 Å². The minimum atomic E-state index is -1.05. The molecule has 3 rings (SSSR count). The quantitative estimate of drug-likeness (QED) is 0.204. The Balaban J connectivity index is 1.80. The number of ketones is 1. The maximum Gasteiger partial charge on any atom is 0.350 e. The van der Waals surface area contributed by atoms with E-state index in [-0.39, 0.29) is 11.5 Å². The van der Waals surface area contributed by atoms with Crippen LogP contribution in [0, 0.1) is 20.2 Å². The molecule has 0 aromatic heterocycles. The number of ether oxygens (including phenoxy) is 1. The zero-order chi connectivity index (χ0) is 21.0. The van der Waals surface area contributed by atoms with Gasteiger partial charge in [-0.2, -0.15) is 0 Å². The van der Waals surface area contributed by atoms with Crippen LogP contribution in [0.25, 0.3) is 0 Å². The third-order valence-corrected chi connectivity index (χ3v) is 3.97. The van der Waals surface area contributed by atoms with Crippen molar-refractivity contribution in [2.45, 2.75) is 0 Å². The van der Waals surface area contributed by atoms with Crippen LogP contribution in [-0.4, -0.2) is 21.6 Å². The number of carbonyl (C=O) groups excluding carboxylic acids is 2. The fraction of sp³-hybridized carbons (Fsp3) is 0. The normalized spacial score (nSPS) is 10.2. The van der Waals surface area contributed by atoms with E-state index < -0.39 is 32.8 Å². The second-order valence-corrected chi connectivity index (χ2v) is 5.82. The molecule has 0 unspecified atom stereocenters. The van der Waals surface area contributed by atoms with Gasteiger partial charge in [0.2, 0.25) is 0 Å². The molecule has 0 saturated heterocycles. The molecule has 0 aliphatic rings. The van der Waals surface area contributed by atoms with Crippen molar-refractivity contribution in [3.05, 3.63) is 110 Å². The fourth-order valence-electron chi connectivity index (χ4n) is 2.55. The summed E-state index contributed by atoms with van der Waals surface area (Å²) in [6.45, 7) is 0. The summed E-state index contributed by atoms with van der Waals surface area (Å²) in [6.07, 6.45) is 0. The van der Waals surface area contributed by atoms with Gasteiger partial charge in [0.05, 0.1) is 15.9 Å². The maximum atomic E-state index is 12.4. The molecule has 0 N–H and O–H groups in total. The highest BCUT2D eigenvalue weighted by atomic mass is 16.6. The van der Waals surface area contributed by atoms with Gasteiger partial charge in [-0.05, 0) is 30.3 Å².